The molecule has 0 unspecified atom stereocenters. The molecule has 0 saturated heterocycles. The van der Waals surface area contributed by atoms with E-state index in [0.717, 1.165) is 11.1 Å². The van der Waals surface area contributed by atoms with Gasteiger partial charge in [-0.25, -0.2) is 0 Å². The molecule has 0 bridgehead atoms. The Morgan fingerprint density at radius 2 is 1.62 bits per heavy atom. The Labute approximate surface area is 129 Å². The van der Waals surface area contributed by atoms with Crippen LogP contribution in [-0.2, 0) is 0 Å². The molecule has 21 heavy (non-hydrogen) atoms. The highest BCUT2D eigenvalue weighted by Crippen LogP contribution is 2.29. The van der Waals surface area contributed by atoms with Crippen LogP contribution in [0.15, 0.2) is 48.5 Å². The van der Waals surface area contributed by atoms with Crippen LogP contribution in [0.5, 0.6) is 0 Å². The molecule has 0 aliphatic heterocycles. The maximum Gasteiger partial charge on any atom is 0.0464 e. The van der Waals surface area contributed by atoms with Crippen molar-refractivity contribution in [2.45, 2.75) is 6.92 Å². The van der Waals surface area contributed by atoms with Crippen LogP contribution in [0.25, 0.3) is 10.1 Å². The molecule has 104 valence electrons. The molecule has 0 saturated carbocycles. The summed E-state index contributed by atoms with van der Waals surface area (Å²) in [5.74, 6) is 6.63. The van der Waals surface area contributed by atoms with Gasteiger partial charge in [-0.1, -0.05) is 30.0 Å². The van der Waals surface area contributed by atoms with Gasteiger partial charge < -0.3 is 4.90 Å². The van der Waals surface area contributed by atoms with Crippen molar-refractivity contribution < 1.29 is 0 Å². The molecule has 0 N–H and O–H groups in total. The molecule has 2 heteroatoms. The minimum atomic E-state index is 1.05. The number of hydrogen-bond acceptors (Lipinski definition) is 2. The lowest BCUT2D eigenvalue weighted by molar-refractivity contribution is 1.13. The zero-order valence-corrected chi connectivity index (χ0v) is 13.3. The Morgan fingerprint density at radius 1 is 0.905 bits per heavy atom. The number of hydrogen-bond donors (Lipinski definition) is 0. The first kappa shape index (κ1) is 13.7. The second-order valence-corrected chi connectivity index (χ2v) is 6.48. The molecule has 2 aromatic carbocycles. The van der Waals surface area contributed by atoms with E-state index in [1.807, 2.05) is 25.4 Å². The number of fused-ring (bicyclic) bond motifs is 1. The maximum absolute atomic E-state index is 3.35. The standard InChI is InChI=1S/C19H17NS/c1-14-17(18-6-4-5-7-19(18)21-14)13-10-15-8-11-16(12-9-15)20(2)3/h4-9,11-12H,1-3H3. The van der Waals surface area contributed by atoms with Gasteiger partial charge in [-0.3, -0.25) is 0 Å². The van der Waals surface area contributed by atoms with Gasteiger partial charge in [-0.05, 0) is 37.3 Å². The van der Waals surface area contributed by atoms with E-state index in [1.54, 1.807) is 0 Å². The number of anilines is 1. The van der Waals surface area contributed by atoms with E-state index >= 15 is 0 Å². The van der Waals surface area contributed by atoms with E-state index in [0.29, 0.717) is 0 Å². The Hall–Kier alpha value is -2.24. The van der Waals surface area contributed by atoms with E-state index in [9.17, 15) is 0 Å². The lowest BCUT2D eigenvalue weighted by Gasteiger charge is -2.11. The third-order valence-corrected chi connectivity index (χ3v) is 4.57. The largest absolute Gasteiger partial charge is 0.378 e. The maximum atomic E-state index is 3.35. The van der Waals surface area contributed by atoms with Crippen molar-refractivity contribution in [3.63, 3.8) is 0 Å². The normalized spacial score (nSPS) is 10.2. The minimum Gasteiger partial charge on any atom is -0.378 e. The Bertz CT molecular complexity index is 829. The average molecular weight is 291 g/mol. The van der Waals surface area contributed by atoms with Gasteiger partial charge in [-0.2, -0.15) is 0 Å². The topological polar surface area (TPSA) is 3.24 Å². The third-order valence-electron chi connectivity index (χ3n) is 3.49. The van der Waals surface area contributed by atoms with Crippen molar-refractivity contribution in [2.24, 2.45) is 0 Å². The molecule has 1 aromatic heterocycles. The van der Waals surface area contributed by atoms with Gasteiger partial charge in [-0.15, -0.1) is 11.3 Å². The fraction of sp³-hybridized carbons (Fsp3) is 0.158. The lowest BCUT2D eigenvalue weighted by Crippen LogP contribution is -2.07. The fourth-order valence-electron chi connectivity index (χ4n) is 2.30. The van der Waals surface area contributed by atoms with Crippen LogP contribution in [0.4, 0.5) is 5.69 Å². The van der Waals surface area contributed by atoms with Crippen LogP contribution in [0.3, 0.4) is 0 Å². The van der Waals surface area contributed by atoms with Gasteiger partial charge in [0, 0.05) is 45.9 Å². The molecule has 0 aliphatic carbocycles. The molecule has 1 heterocycles. The molecular weight excluding hydrogens is 274 g/mol. The fourth-order valence-corrected chi connectivity index (χ4v) is 3.32. The van der Waals surface area contributed by atoms with Crippen molar-refractivity contribution in [3.8, 4) is 11.8 Å². The first-order chi connectivity index (χ1) is 10.1. The van der Waals surface area contributed by atoms with Crippen LogP contribution >= 0.6 is 11.3 Å². The van der Waals surface area contributed by atoms with Crippen LogP contribution in [0, 0.1) is 18.8 Å². The van der Waals surface area contributed by atoms with E-state index in [1.165, 1.54) is 20.7 Å². The predicted molar refractivity (Wildman–Crippen MR) is 93.3 cm³/mol. The molecule has 3 aromatic rings. The molecular formula is C19H17NS. The summed E-state index contributed by atoms with van der Waals surface area (Å²) in [6.07, 6.45) is 0. The third kappa shape index (κ3) is 2.79. The van der Waals surface area contributed by atoms with Crippen LogP contribution in [0.1, 0.15) is 16.0 Å². The van der Waals surface area contributed by atoms with Crippen molar-refractivity contribution in [1.29, 1.82) is 0 Å². The quantitative estimate of drug-likeness (QED) is 0.589. The molecule has 0 spiro atoms. The second-order valence-electron chi connectivity index (χ2n) is 5.22. The highest BCUT2D eigenvalue weighted by Gasteiger charge is 2.05. The zero-order valence-electron chi connectivity index (χ0n) is 12.5. The molecule has 0 radical (unpaired) electrons. The summed E-state index contributed by atoms with van der Waals surface area (Å²) < 4.78 is 1.31. The van der Waals surface area contributed by atoms with Gasteiger partial charge in [0.05, 0.1) is 0 Å². The summed E-state index contributed by atoms with van der Waals surface area (Å²) in [6.45, 7) is 2.14. The summed E-state index contributed by atoms with van der Waals surface area (Å²) in [4.78, 5) is 3.38. The summed E-state index contributed by atoms with van der Waals surface area (Å²) in [7, 11) is 4.09. The van der Waals surface area contributed by atoms with Gasteiger partial charge >= 0.3 is 0 Å². The number of aryl methyl sites for hydroxylation is 1. The van der Waals surface area contributed by atoms with E-state index in [-0.39, 0.29) is 0 Å². The molecule has 1 nitrogen and oxygen atoms in total. The number of nitrogens with zero attached hydrogens (tertiary/aromatic N) is 1. The number of thiophene rings is 1. The monoisotopic (exact) mass is 291 g/mol. The van der Waals surface area contributed by atoms with Crippen molar-refractivity contribution in [3.05, 3.63) is 64.5 Å². The summed E-state index contributed by atoms with van der Waals surface area (Å²) in [5.41, 5.74) is 3.40. The first-order valence-corrected chi connectivity index (χ1v) is 7.74. The Balaban J connectivity index is 1.97. The molecule has 0 fully saturated rings. The number of benzene rings is 2. The molecule has 3 rings (SSSR count). The van der Waals surface area contributed by atoms with Crippen LogP contribution < -0.4 is 4.90 Å². The lowest BCUT2D eigenvalue weighted by atomic mass is 10.1. The highest BCUT2D eigenvalue weighted by molar-refractivity contribution is 7.19. The van der Waals surface area contributed by atoms with Gasteiger partial charge in [0.2, 0.25) is 0 Å². The van der Waals surface area contributed by atoms with E-state index in [2.05, 4.69) is 72.2 Å². The van der Waals surface area contributed by atoms with Crippen molar-refractivity contribution in [1.82, 2.24) is 0 Å². The summed E-state index contributed by atoms with van der Waals surface area (Å²) >= 11 is 1.81. The van der Waals surface area contributed by atoms with Crippen molar-refractivity contribution in [2.75, 3.05) is 19.0 Å². The van der Waals surface area contributed by atoms with Crippen molar-refractivity contribution >= 4 is 27.1 Å². The van der Waals surface area contributed by atoms with Crippen LogP contribution in [0.2, 0.25) is 0 Å². The molecule has 0 amide bonds. The van der Waals surface area contributed by atoms with Gasteiger partial charge in [0.1, 0.15) is 0 Å². The number of rotatable bonds is 1. The van der Waals surface area contributed by atoms with Gasteiger partial charge in [0.15, 0.2) is 0 Å². The average Bonchev–Trinajstić information content (AvgIpc) is 2.81. The first-order valence-electron chi connectivity index (χ1n) is 6.92. The Morgan fingerprint density at radius 3 is 2.33 bits per heavy atom. The zero-order chi connectivity index (χ0) is 14.8. The molecule has 0 atom stereocenters. The Kier molecular flexibility index (Phi) is 3.68. The van der Waals surface area contributed by atoms with E-state index < -0.39 is 0 Å². The summed E-state index contributed by atoms with van der Waals surface area (Å²) in [5, 5.41) is 1.26. The highest BCUT2D eigenvalue weighted by atomic mass is 32.1. The van der Waals surface area contributed by atoms with E-state index in [4.69, 9.17) is 0 Å². The molecule has 0 aliphatic rings. The SMILES string of the molecule is Cc1sc2ccccc2c1C#Cc1ccc(N(C)C)cc1. The second kappa shape index (κ2) is 5.63. The predicted octanol–water partition coefficient (Wildman–Crippen LogP) is 4.68. The van der Waals surface area contributed by atoms with Crippen LogP contribution in [-0.4, -0.2) is 14.1 Å². The smallest absolute Gasteiger partial charge is 0.0464 e. The minimum absolute atomic E-state index is 1.05. The summed E-state index contributed by atoms with van der Waals surface area (Å²) in [6, 6.07) is 16.8. The van der Waals surface area contributed by atoms with Gasteiger partial charge in [0.25, 0.3) is 0 Å².